The number of aliphatic hydroxyl groups is 1. The summed E-state index contributed by atoms with van der Waals surface area (Å²) in [6, 6.07) is 20.8. The Kier molecular flexibility index (Phi) is 6.03. The summed E-state index contributed by atoms with van der Waals surface area (Å²) in [6.45, 7) is 3.90. The molecule has 2 aliphatic carbocycles. The Labute approximate surface area is 202 Å². The highest BCUT2D eigenvalue weighted by atomic mass is 16.3. The largest absolute Gasteiger partial charge is 0.390 e. The smallest absolute Gasteiger partial charge is 0.255 e. The number of hydrogen-bond donors (Lipinski definition) is 2. The third-order valence-corrected chi connectivity index (χ3v) is 8.10. The van der Waals surface area contributed by atoms with Gasteiger partial charge in [-0.2, -0.15) is 0 Å². The Hall–Kier alpha value is -2.98. The van der Waals surface area contributed by atoms with E-state index in [1.54, 1.807) is 6.20 Å². The molecule has 3 atom stereocenters. The predicted molar refractivity (Wildman–Crippen MR) is 136 cm³/mol. The highest BCUT2D eigenvalue weighted by molar-refractivity contribution is 6.04. The lowest BCUT2D eigenvalue weighted by atomic mass is 9.56. The van der Waals surface area contributed by atoms with Crippen molar-refractivity contribution in [3.63, 3.8) is 0 Å². The molecule has 3 aromatic rings. The van der Waals surface area contributed by atoms with Gasteiger partial charge < -0.3 is 10.4 Å². The third-order valence-electron chi connectivity index (χ3n) is 8.10. The molecule has 34 heavy (non-hydrogen) atoms. The molecule has 0 spiro atoms. The van der Waals surface area contributed by atoms with Crippen molar-refractivity contribution in [1.29, 1.82) is 0 Å². The van der Waals surface area contributed by atoms with Gasteiger partial charge in [0, 0.05) is 17.2 Å². The van der Waals surface area contributed by atoms with Crippen LogP contribution in [0.3, 0.4) is 0 Å². The number of rotatable bonds is 4. The molecule has 4 heteroatoms. The van der Waals surface area contributed by atoms with E-state index in [4.69, 9.17) is 0 Å². The average Bonchev–Trinajstić information content (AvgIpc) is 2.97. The first-order chi connectivity index (χ1) is 16.4. The number of pyridine rings is 1. The Bertz CT molecular complexity index is 1190. The number of hydrogen-bond acceptors (Lipinski definition) is 3. The van der Waals surface area contributed by atoms with Gasteiger partial charge >= 0.3 is 0 Å². The van der Waals surface area contributed by atoms with Crippen LogP contribution in [-0.2, 0) is 18.3 Å². The Morgan fingerprint density at radius 2 is 1.94 bits per heavy atom. The zero-order valence-electron chi connectivity index (χ0n) is 20.2. The van der Waals surface area contributed by atoms with E-state index in [1.807, 2.05) is 32.0 Å². The molecular weight excluding hydrogens is 420 g/mol. The quantitative estimate of drug-likeness (QED) is 0.507. The third kappa shape index (κ3) is 4.39. The molecule has 1 amide bonds. The summed E-state index contributed by atoms with van der Waals surface area (Å²) in [6.07, 6.45) is 8.47. The van der Waals surface area contributed by atoms with Crippen molar-refractivity contribution in [2.24, 2.45) is 5.92 Å². The van der Waals surface area contributed by atoms with Crippen LogP contribution in [0.4, 0.5) is 5.69 Å². The molecule has 0 saturated heterocycles. The highest BCUT2D eigenvalue weighted by Crippen LogP contribution is 2.53. The van der Waals surface area contributed by atoms with Crippen LogP contribution in [0.1, 0.15) is 71.8 Å². The number of nitrogens with one attached hydrogen (secondary N) is 1. The number of aromatic nitrogens is 1. The van der Waals surface area contributed by atoms with Gasteiger partial charge in [0.2, 0.25) is 0 Å². The van der Waals surface area contributed by atoms with Crippen molar-refractivity contribution >= 4 is 11.6 Å². The van der Waals surface area contributed by atoms with Gasteiger partial charge in [0.15, 0.2) is 0 Å². The normalized spacial score (nSPS) is 26.1. The van der Waals surface area contributed by atoms with Crippen molar-refractivity contribution in [3.8, 4) is 0 Å². The fourth-order valence-electron chi connectivity index (χ4n) is 6.32. The maximum atomic E-state index is 13.1. The van der Waals surface area contributed by atoms with Gasteiger partial charge in [0.1, 0.15) is 0 Å². The molecule has 0 aliphatic heterocycles. The minimum absolute atomic E-state index is 0.00955. The number of aryl methyl sites for hydroxylation is 2. The Balaban J connectivity index is 1.52. The first-order valence-corrected chi connectivity index (χ1v) is 12.5. The van der Waals surface area contributed by atoms with Crippen molar-refractivity contribution in [2.75, 3.05) is 5.32 Å². The van der Waals surface area contributed by atoms with Crippen LogP contribution in [0, 0.1) is 12.8 Å². The van der Waals surface area contributed by atoms with E-state index in [-0.39, 0.29) is 11.3 Å². The lowest BCUT2D eigenvalue weighted by Gasteiger charge is -2.49. The van der Waals surface area contributed by atoms with Crippen molar-refractivity contribution in [2.45, 2.75) is 69.8 Å². The van der Waals surface area contributed by atoms with Crippen LogP contribution in [0.5, 0.6) is 0 Å². The lowest BCUT2D eigenvalue weighted by Crippen LogP contribution is -2.47. The molecule has 1 fully saturated rings. The zero-order chi connectivity index (χ0) is 23.8. The minimum atomic E-state index is -0.600. The SMILES string of the molecule is Cc1ncccc1NC(=O)c1ccc2c(c1)CCC[C@H]1C[C@](C)(O)CC[C@@]21Cc1ccccc1. The molecule has 1 aromatic heterocycles. The summed E-state index contributed by atoms with van der Waals surface area (Å²) in [5.41, 5.74) is 5.65. The number of benzene rings is 2. The van der Waals surface area contributed by atoms with Gasteiger partial charge in [-0.15, -0.1) is 0 Å². The fraction of sp³-hybridized carbons (Fsp3) is 0.400. The van der Waals surface area contributed by atoms with Gasteiger partial charge in [0.05, 0.1) is 17.0 Å². The molecule has 0 unspecified atom stereocenters. The number of amides is 1. The standard InChI is InChI=1S/C30H34N2O2/c1-21-27(12-7-17-31-21)32-28(33)24-13-14-26-23(18-24)10-6-11-25-20-29(2,34)15-16-30(25,26)19-22-8-4-3-5-9-22/h3-5,7-9,12-14,17-18,25,34H,6,10-11,15-16,19-20H2,1-2H3,(H,32,33)/t25-,29+,30-/m0/s1. The van der Waals surface area contributed by atoms with Crippen LogP contribution in [0.25, 0.3) is 0 Å². The molecule has 0 bridgehead atoms. The molecule has 2 aliphatic rings. The molecule has 1 saturated carbocycles. The van der Waals surface area contributed by atoms with Crippen LogP contribution < -0.4 is 5.32 Å². The van der Waals surface area contributed by atoms with E-state index in [1.165, 1.54) is 16.7 Å². The number of carbonyl (C=O) groups excluding carboxylic acids is 1. The maximum absolute atomic E-state index is 13.1. The van der Waals surface area contributed by atoms with E-state index < -0.39 is 5.60 Å². The van der Waals surface area contributed by atoms with Crippen LogP contribution in [0.2, 0.25) is 0 Å². The summed E-state index contributed by atoms with van der Waals surface area (Å²) < 4.78 is 0. The second kappa shape index (κ2) is 8.99. The first kappa shape index (κ1) is 22.8. The van der Waals surface area contributed by atoms with E-state index in [0.717, 1.165) is 56.3 Å². The maximum Gasteiger partial charge on any atom is 0.255 e. The number of fused-ring (bicyclic) bond motifs is 3. The summed E-state index contributed by atoms with van der Waals surface area (Å²) in [7, 11) is 0. The molecule has 1 heterocycles. The second-order valence-corrected chi connectivity index (χ2v) is 10.6. The lowest BCUT2D eigenvalue weighted by molar-refractivity contribution is -0.0330. The van der Waals surface area contributed by atoms with E-state index in [9.17, 15) is 9.90 Å². The summed E-state index contributed by atoms with van der Waals surface area (Å²) in [5, 5.41) is 14.0. The molecule has 5 rings (SSSR count). The van der Waals surface area contributed by atoms with Crippen molar-refractivity contribution in [1.82, 2.24) is 4.98 Å². The fourth-order valence-corrected chi connectivity index (χ4v) is 6.32. The van der Waals surface area contributed by atoms with E-state index >= 15 is 0 Å². The minimum Gasteiger partial charge on any atom is -0.390 e. The monoisotopic (exact) mass is 454 g/mol. The Morgan fingerprint density at radius 3 is 2.74 bits per heavy atom. The Morgan fingerprint density at radius 1 is 1.12 bits per heavy atom. The van der Waals surface area contributed by atoms with Crippen LogP contribution in [0.15, 0.2) is 66.9 Å². The molecule has 2 N–H and O–H groups in total. The van der Waals surface area contributed by atoms with Crippen molar-refractivity contribution < 1.29 is 9.90 Å². The second-order valence-electron chi connectivity index (χ2n) is 10.6. The summed E-state index contributed by atoms with van der Waals surface area (Å²) in [4.78, 5) is 17.4. The van der Waals surface area contributed by atoms with E-state index in [0.29, 0.717) is 11.5 Å². The predicted octanol–water partition coefficient (Wildman–Crippen LogP) is 6.01. The molecular formula is C30H34N2O2. The van der Waals surface area contributed by atoms with Crippen molar-refractivity contribution in [3.05, 3.63) is 94.8 Å². The molecule has 176 valence electrons. The average molecular weight is 455 g/mol. The number of anilines is 1. The molecule has 4 nitrogen and oxygen atoms in total. The van der Waals surface area contributed by atoms with Crippen LogP contribution >= 0.6 is 0 Å². The topological polar surface area (TPSA) is 62.2 Å². The number of nitrogens with zero attached hydrogens (tertiary/aromatic N) is 1. The highest BCUT2D eigenvalue weighted by Gasteiger charge is 2.49. The van der Waals surface area contributed by atoms with E-state index in [2.05, 4.69) is 52.8 Å². The zero-order valence-corrected chi connectivity index (χ0v) is 20.2. The summed E-state index contributed by atoms with van der Waals surface area (Å²) >= 11 is 0. The van der Waals surface area contributed by atoms with Gasteiger partial charge in [-0.05, 0) is 106 Å². The van der Waals surface area contributed by atoms with Gasteiger partial charge in [-0.3, -0.25) is 9.78 Å². The molecule has 0 radical (unpaired) electrons. The first-order valence-electron chi connectivity index (χ1n) is 12.5. The van der Waals surface area contributed by atoms with Crippen LogP contribution in [-0.4, -0.2) is 21.6 Å². The van der Waals surface area contributed by atoms with Gasteiger partial charge in [0.25, 0.3) is 5.91 Å². The number of carbonyl (C=O) groups is 1. The van der Waals surface area contributed by atoms with Gasteiger partial charge in [-0.1, -0.05) is 36.4 Å². The van der Waals surface area contributed by atoms with Gasteiger partial charge in [-0.25, -0.2) is 0 Å². The molecule has 2 aromatic carbocycles. The summed E-state index contributed by atoms with van der Waals surface area (Å²) in [5.74, 6) is 0.332.